The molecule has 1 aliphatic carbocycles. The summed E-state index contributed by atoms with van der Waals surface area (Å²) in [6, 6.07) is 5.19. The van der Waals surface area contributed by atoms with Gasteiger partial charge in [0.15, 0.2) is 17.2 Å². The molecular weight excluding hydrogens is 323 g/mol. The highest BCUT2D eigenvalue weighted by molar-refractivity contribution is 5.77. The standard InChI is InChI=1S/C17H13FN6O/c1-9-21-22-16-17(4-5-17)25-15-10(8-19)14(12-3-6-20-23(12)2)11(18)7-13(15)24(9)16/h3,6-7H,4-5H2,1-2H3. The van der Waals surface area contributed by atoms with Gasteiger partial charge in [0.05, 0.1) is 16.9 Å². The predicted molar refractivity (Wildman–Crippen MR) is 84.5 cm³/mol. The van der Waals surface area contributed by atoms with Crippen molar-refractivity contribution in [3.8, 4) is 28.8 Å². The van der Waals surface area contributed by atoms with E-state index in [1.807, 2.05) is 0 Å². The van der Waals surface area contributed by atoms with Gasteiger partial charge in [0.25, 0.3) is 0 Å². The lowest BCUT2D eigenvalue weighted by atomic mass is 10.0. The van der Waals surface area contributed by atoms with Crippen molar-refractivity contribution in [2.75, 3.05) is 0 Å². The molecule has 0 saturated heterocycles. The number of aromatic nitrogens is 5. The molecule has 1 aliphatic heterocycles. The highest BCUT2D eigenvalue weighted by Gasteiger charge is 2.55. The molecular formula is C17H13FN6O. The third-order valence-corrected chi connectivity index (χ3v) is 4.88. The third-order valence-electron chi connectivity index (χ3n) is 4.88. The molecule has 2 aromatic heterocycles. The summed E-state index contributed by atoms with van der Waals surface area (Å²) in [7, 11) is 1.71. The van der Waals surface area contributed by atoms with Gasteiger partial charge in [0.1, 0.15) is 23.3 Å². The molecule has 0 N–H and O–H groups in total. The maximum absolute atomic E-state index is 15.0. The predicted octanol–water partition coefficient (Wildman–Crippen LogP) is 2.37. The summed E-state index contributed by atoms with van der Waals surface area (Å²) in [5.41, 5.74) is 0.808. The van der Waals surface area contributed by atoms with Crippen LogP contribution in [0.25, 0.3) is 16.9 Å². The van der Waals surface area contributed by atoms with Crippen molar-refractivity contribution < 1.29 is 9.13 Å². The van der Waals surface area contributed by atoms with E-state index in [4.69, 9.17) is 4.74 Å². The fraction of sp³-hybridized carbons (Fsp3) is 0.294. The normalized spacial score (nSPS) is 16.1. The van der Waals surface area contributed by atoms with Gasteiger partial charge in [-0.2, -0.15) is 10.4 Å². The van der Waals surface area contributed by atoms with Crippen LogP contribution in [-0.2, 0) is 12.6 Å². The van der Waals surface area contributed by atoms with Crippen molar-refractivity contribution in [2.24, 2.45) is 7.05 Å². The monoisotopic (exact) mass is 336 g/mol. The second-order valence-electron chi connectivity index (χ2n) is 6.41. The minimum absolute atomic E-state index is 0.170. The van der Waals surface area contributed by atoms with Gasteiger partial charge in [-0.1, -0.05) is 0 Å². The van der Waals surface area contributed by atoms with E-state index < -0.39 is 11.4 Å². The molecule has 7 nitrogen and oxygen atoms in total. The Morgan fingerprint density at radius 2 is 2.16 bits per heavy atom. The second-order valence-corrected chi connectivity index (χ2v) is 6.41. The number of hydrogen-bond acceptors (Lipinski definition) is 5. The Morgan fingerprint density at radius 3 is 2.80 bits per heavy atom. The number of halogens is 1. The highest BCUT2D eigenvalue weighted by atomic mass is 19.1. The molecule has 0 amide bonds. The average Bonchev–Trinajstić information content (AvgIpc) is 3.04. The molecule has 1 saturated carbocycles. The van der Waals surface area contributed by atoms with Crippen LogP contribution in [0, 0.1) is 24.1 Å². The fourth-order valence-corrected chi connectivity index (χ4v) is 3.49. The summed E-state index contributed by atoms with van der Waals surface area (Å²) >= 11 is 0. The van der Waals surface area contributed by atoms with Gasteiger partial charge in [0.2, 0.25) is 0 Å². The Hall–Kier alpha value is -3.21. The van der Waals surface area contributed by atoms with E-state index in [1.165, 1.54) is 10.7 Å². The maximum atomic E-state index is 15.0. The summed E-state index contributed by atoms with van der Waals surface area (Å²) in [5.74, 6) is 1.19. The zero-order valence-corrected chi connectivity index (χ0v) is 13.6. The number of benzene rings is 1. The number of hydrogen-bond donors (Lipinski definition) is 0. The van der Waals surface area contributed by atoms with Gasteiger partial charge in [-0.25, -0.2) is 4.39 Å². The maximum Gasteiger partial charge on any atom is 0.182 e. The molecule has 0 bridgehead atoms. The Kier molecular flexibility index (Phi) is 2.52. The Labute approximate surface area is 142 Å². The summed E-state index contributed by atoms with van der Waals surface area (Å²) in [6.45, 7) is 1.81. The lowest BCUT2D eigenvalue weighted by molar-refractivity contribution is 0.156. The lowest BCUT2D eigenvalue weighted by Gasteiger charge is -2.28. The van der Waals surface area contributed by atoms with Crippen LogP contribution >= 0.6 is 0 Å². The molecule has 0 atom stereocenters. The summed E-state index contributed by atoms with van der Waals surface area (Å²) < 4.78 is 24.5. The van der Waals surface area contributed by atoms with Crippen molar-refractivity contribution in [2.45, 2.75) is 25.4 Å². The number of aryl methyl sites for hydroxylation is 2. The van der Waals surface area contributed by atoms with Gasteiger partial charge in [-0.15, -0.1) is 10.2 Å². The molecule has 3 heterocycles. The second kappa shape index (κ2) is 4.45. The van der Waals surface area contributed by atoms with Crippen molar-refractivity contribution in [3.05, 3.63) is 41.4 Å². The summed E-state index contributed by atoms with van der Waals surface area (Å²) in [5, 5.41) is 22.2. The first-order chi connectivity index (χ1) is 12.1. The van der Waals surface area contributed by atoms with E-state index in [2.05, 4.69) is 21.4 Å². The SMILES string of the molecule is Cc1nnc2n1-c1cc(F)c(-c3ccnn3C)c(C#N)c1OC21CC1. The van der Waals surface area contributed by atoms with E-state index in [0.29, 0.717) is 28.8 Å². The zero-order chi connectivity index (χ0) is 17.3. The van der Waals surface area contributed by atoms with Crippen LogP contribution in [-0.4, -0.2) is 24.5 Å². The topological polar surface area (TPSA) is 81.5 Å². The minimum atomic E-state index is -0.554. The molecule has 5 rings (SSSR count). The van der Waals surface area contributed by atoms with Crippen LogP contribution in [0.1, 0.15) is 30.1 Å². The zero-order valence-electron chi connectivity index (χ0n) is 13.6. The van der Waals surface area contributed by atoms with Gasteiger partial charge < -0.3 is 4.74 Å². The van der Waals surface area contributed by atoms with Gasteiger partial charge in [-0.05, 0) is 25.8 Å². The molecule has 3 aromatic rings. The Balaban J connectivity index is 1.87. The Morgan fingerprint density at radius 1 is 1.36 bits per heavy atom. The van der Waals surface area contributed by atoms with Crippen LogP contribution in [0.3, 0.4) is 0 Å². The first-order valence-electron chi connectivity index (χ1n) is 7.92. The molecule has 8 heteroatoms. The molecule has 25 heavy (non-hydrogen) atoms. The van der Waals surface area contributed by atoms with Crippen LogP contribution < -0.4 is 4.74 Å². The minimum Gasteiger partial charge on any atom is -0.476 e. The quantitative estimate of drug-likeness (QED) is 0.681. The van der Waals surface area contributed by atoms with Gasteiger partial charge in [-0.3, -0.25) is 9.25 Å². The number of fused-ring (bicyclic) bond motifs is 4. The van der Waals surface area contributed by atoms with Crippen molar-refractivity contribution in [1.29, 1.82) is 5.26 Å². The summed E-state index contributed by atoms with van der Waals surface area (Å²) in [4.78, 5) is 0. The first kappa shape index (κ1) is 14.2. The average molecular weight is 336 g/mol. The number of nitriles is 1. The van der Waals surface area contributed by atoms with E-state index in [1.54, 1.807) is 30.8 Å². The van der Waals surface area contributed by atoms with Crippen molar-refractivity contribution in [1.82, 2.24) is 24.5 Å². The number of ether oxygens (including phenoxy) is 1. The molecule has 1 spiro atoms. The van der Waals surface area contributed by atoms with E-state index >= 15 is 4.39 Å². The largest absolute Gasteiger partial charge is 0.476 e. The van der Waals surface area contributed by atoms with Crippen LogP contribution in [0.15, 0.2) is 18.3 Å². The molecule has 0 radical (unpaired) electrons. The molecule has 1 aromatic carbocycles. The number of nitrogens with zero attached hydrogens (tertiary/aromatic N) is 6. The van der Waals surface area contributed by atoms with E-state index in [-0.39, 0.29) is 11.1 Å². The molecule has 2 aliphatic rings. The smallest absolute Gasteiger partial charge is 0.182 e. The molecule has 124 valence electrons. The van der Waals surface area contributed by atoms with E-state index in [0.717, 1.165) is 12.8 Å². The fourth-order valence-electron chi connectivity index (χ4n) is 3.49. The first-order valence-corrected chi connectivity index (χ1v) is 7.92. The van der Waals surface area contributed by atoms with Crippen molar-refractivity contribution in [3.63, 3.8) is 0 Å². The number of rotatable bonds is 1. The van der Waals surface area contributed by atoms with Crippen molar-refractivity contribution >= 4 is 0 Å². The van der Waals surface area contributed by atoms with Crippen LogP contribution in [0.5, 0.6) is 5.75 Å². The van der Waals surface area contributed by atoms with Gasteiger partial charge in [0, 0.05) is 19.3 Å². The van der Waals surface area contributed by atoms with Crippen LogP contribution in [0.4, 0.5) is 4.39 Å². The van der Waals surface area contributed by atoms with Crippen LogP contribution in [0.2, 0.25) is 0 Å². The van der Waals surface area contributed by atoms with E-state index in [9.17, 15) is 5.26 Å². The van der Waals surface area contributed by atoms with Gasteiger partial charge >= 0.3 is 0 Å². The third kappa shape index (κ3) is 1.70. The molecule has 1 fully saturated rings. The summed E-state index contributed by atoms with van der Waals surface area (Å²) in [6.07, 6.45) is 3.17. The highest BCUT2D eigenvalue weighted by Crippen LogP contribution is 2.55. The lowest BCUT2D eigenvalue weighted by Crippen LogP contribution is -2.27. The Bertz CT molecular complexity index is 1090. The molecule has 0 unspecified atom stereocenters.